The molecule has 0 aliphatic heterocycles. The molecule has 0 fully saturated rings. The van der Waals surface area contributed by atoms with Crippen molar-refractivity contribution in [2.75, 3.05) is 0 Å². The van der Waals surface area contributed by atoms with E-state index in [4.69, 9.17) is 15.5 Å². The minimum absolute atomic E-state index is 0.0279. The van der Waals surface area contributed by atoms with Gasteiger partial charge in [-0.2, -0.15) is 0 Å². The van der Waals surface area contributed by atoms with Crippen LogP contribution in [0.2, 0.25) is 10.1 Å². The van der Waals surface area contributed by atoms with Gasteiger partial charge in [0.05, 0.1) is 0 Å². The van der Waals surface area contributed by atoms with Crippen LogP contribution in [-0.4, -0.2) is 13.2 Å². The summed E-state index contributed by atoms with van der Waals surface area (Å²) in [5.74, 6) is 0. The van der Waals surface area contributed by atoms with Gasteiger partial charge in [-0.25, -0.2) is 0 Å². The highest BCUT2D eigenvalue weighted by Crippen LogP contribution is 2.55. The lowest BCUT2D eigenvalue weighted by atomic mass is 10.2. The summed E-state index contributed by atoms with van der Waals surface area (Å²) >= 11 is 6.89. The third-order valence-corrected chi connectivity index (χ3v) is 10.8. The maximum Gasteiger partial charge on any atom is 0.301 e. The normalized spacial score (nSPS) is 15.6. The number of hydrogen-bond donors (Lipinski definition) is 0. The average molecular weight is 251 g/mol. The molecule has 0 atom stereocenters. The Hall–Kier alpha value is 0.467. The summed E-state index contributed by atoms with van der Waals surface area (Å²) in [6.45, 7) is 19.3. The van der Waals surface area contributed by atoms with E-state index in [0.29, 0.717) is 0 Å². The molecule has 0 heterocycles. The zero-order valence-corrected chi connectivity index (χ0v) is 13.5. The third-order valence-electron chi connectivity index (χ3n) is 2.38. The van der Waals surface area contributed by atoms with Crippen LogP contribution in [0.3, 0.4) is 0 Å². The highest BCUT2D eigenvalue weighted by Gasteiger charge is 2.56. The fourth-order valence-electron chi connectivity index (χ4n) is 1.85. The summed E-state index contributed by atoms with van der Waals surface area (Å²) in [5, 5.41) is 0.0557. The number of hydrogen-bond acceptors (Lipinski definition) is 1. The summed E-state index contributed by atoms with van der Waals surface area (Å²) in [7, 11) is -2.32. The van der Waals surface area contributed by atoms with E-state index < -0.39 is 7.63 Å². The van der Waals surface area contributed by atoms with Gasteiger partial charge in [0, 0.05) is 5.60 Å². The van der Waals surface area contributed by atoms with Crippen molar-refractivity contribution in [3.05, 3.63) is 0 Å². The van der Waals surface area contributed by atoms with Crippen LogP contribution in [0.15, 0.2) is 0 Å². The molecular weight excluding hydrogens is 224 g/mol. The van der Waals surface area contributed by atoms with Crippen molar-refractivity contribution in [2.24, 2.45) is 0 Å². The van der Waals surface area contributed by atoms with E-state index in [1.807, 2.05) is 0 Å². The minimum Gasteiger partial charge on any atom is -0.397 e. The monoisotopic (exact) mass is 250 g/mol. The SMILES string of the molecule is CC(C)(C)O[Si](Cl)(C(C)(C)C)C(C)(C)C. The van der Waals surface area contributed by atoms with Crippen LogP contribution in [0.4, 0.5) is 0 Å². The summed E-state index contributed by atoms with van der Waals surface area (Å²) in [6.07, 6.45) is 0. The van der Waals surface area contributed by atoms with Crippen LogP contribution in [-0.2, 0) is 4.43 Å². The summed E-state index contributed by atoms with van der Waals surface area (Å²) in [6, 6.07) is 0. The van der Waals surface area contributed by atoms with E-state index in [9.17, 15) is 0 Å². The van der Waals surface area contributed by atoms with Crippen molar-refractivity contribution in [1.29, 1.82) is 0 Å². The van der Waals surface area contributed by atoms with Gasteiger partial charge in [0.1, 0.15) is 0 Å². The zero-order chi connectivity index (χ0) is 12.7. The van der Waals surface area contributed by atoms with Gasteiger partial charge in [-0.1, -0.05) is 41.5 Å². The van der Waals surface area contributed by atoms with E-state index >= 15 is 0 Å². The van der Waals surface area contributed by atoms with E-state index in [1.54, 1.807) is 0 Å². The highest BCUT2D eigenvalue weighted by atomic mass is 35.6. The van der Waals surface area contributed by atoms with Crippen LogP contribution in [0.25, 0.3) is 0 Å². The van der Waals surface area contributed by atoms with Crippen molar-refractivity contribution in [3.8, 4) is 0 Å². The van der Waals surface area contributed by atoms with Crippen molar-refractivity contribution in [1.82, 2.24) is 0 Å². The molecule has 0 spiro atoms. The van der Waals surface area contributed by atoms with Crippen molar-refractivity contribution >= 4 is 18.7 Å². The van der Waals surface area contributed by atoms with E-state index in [2.05, 4.69) is 62.3 Å². The quantitative estimate of drug-likeness (QED) is 0.466. The van der Waals surface area contributed by atoms with Crippen molar-refractivity contribution in [2.45, 2.75) is 78.0 Å². The molecule has 0 aliphatic carbocycles. The first-order chi connectivity index (χ1) is 6.21. The second-order valence-corrected chi connectivity index (χ2v) is 13.3. The predicted molar refractivity (Wildman–Crippen MR) is 71.9 cm³/mol. The second-order valence-electron chi connectivity index (χ2n) is 7.31. The Labute approximate surface area is 101 Å². The smallest absolute Gasteiger partial charge is 0.301 e. The molecule has 3 heteroatoms. The molecular formula is C12H27ClOSi. The first kappa shape index (κ1) is 15.5. The Kier molecular flexibility index (Phi) is 4.17. The zero-order valence-electron chi connectivity index (χ0n) is 11.8. The first-order valence-corrected chi connectivity index (χ1v) is 8.52. The van der Waals surface area contributed by atoms with Gasteiger partial charge in [0.2, 0.25) is 0 Å². The van der Waals surface area contributed by atoms with Crippen LogP contribution in [0, 0.1) is 0 Å². The molecule has 0 saturated carbocycles. The molecule has 0 amide bonds. The maximum atomic E-state index is 6.89. The molecule has 1 nitrogen and oxygen atoms in total. The van der Waals surface area contributed by atoms with Crippen molar-refractivity contribution in [3.63, 3.8) is 0 Å². The van der Waals surface area contributed by atoms with Gasteiger partial charge < -0.3 is 4.43 Å². The average Bonchev–Trinajstić information content (AvgIpc) is 1.77. The second kappa shape index (κ2) is 4.05. The largest absolute Gasteiger partial charge is 0.397 e. The van der Waals surface area contributed by atoms with Gasteiger partial charge in [-0.05, 0) is 30.8 Å². The third kappa shape index (κ3) is 3.76. The topological polar surface area (TPSA) is 9.23 Å². The molecule has 0 bridgehead atoms. The molecule has 0 aromatic carbocycles. The Morgan fingerprint density at radius 2 is 1.00 bits per heavy atom. The van der Waals surface area contributed by atoms with Crippen LogP contribution >= 0.6 is 11.1 Å². The van der Waals surface area contributed by atoms with E-state index in [1.165, 1.54) is 0 Å². The van der Waals surface area contributed by atoms with Gasteiger partial charge in [-0.15, -0.1) is 11.1 Å². The van der Waals surface area contributed by atoms with Crippen LogP contribution in [0.1, 0.15) is 62.3 Å². The summed E-state index contributed by atoms with van der Waals surface area (Å²) in [4.78, 5) is 0. The van der Waals surface area contributed by atoms with Gasteiger partial charge >= 0.3 is 7.63 Å². The molecule has 0 aromatic heterocycles. The van der Waals surface area contributed by atoms with Gasteiger partial charge in [0.25, 0.3) is 0 Å². The van der Waals surface area contributed by atoms with Crippen LogP contribution in [0.5, 0.6) is 0 Å². The molecule has 0 radical (unpaired) electrons. The Balaban J connectivity index is 5.26. The van der Waals surface area contributed by atoms with Gasteiger partial charge in [-0.3, -0.25) is 0 Å². The summed E-state index contributed by atoms with van der Waals surface area (Å²) in [5.41, 5.74) is -0.172. The molecule has 0 unspecified atom stereocenters. The number of rotatable bonds is 1. The van der Waals surface area contributed by atoms with E-state index in [-0.39, 0.29) is 15.7 Å². The van der Waals surface area contributed by atoms with Crippen molar-refractivity contribution < 1.29 is 4.43 Å². The minimum atomic E-state index is -2.32. The molecule has 15 heavy (non-hydrogen) atoms. The molecule has 92 valence electrons. The fraction of sp³-hybridized carbons (Fsp3) is 1.00. The Morgan fingerprint density at radius 1 is 0.733 bits per heavy atom. The van der Waals surface area contributed by atoms with E-state index in [0.717, 1.165) is 0 Å². The summed E-state index contributed by atoms with van der Waals surface area (Å²) < 4.78 is 6.26. The molecule has 0 N–H and O–H groups in total. The van der Waals surface area contributed by atoms with Gasteiger partial charge in [0.15, 0.2) is 0 Å². The highest BCUT2D eigenvalue weighted by molar-refractivity contribution is 7.19. The maximum absolute atomic E-state index is 6.89. The lowest BCUT2D eigenvalue weighted by molar-refractivity contribution is 0.107. The lowest BCUT2D eigenvalue weighted by Gasteiger charge is -2.48. The predicted octanol–water partition coefficient (Wildman–Crippen LogP) is 5.08. The molecule has 0 rings (SSSR count). The molecule has 0 aromatic rings. The number of halogens is 1. The Bertz CT molecular complexity index is 203. The molecule has 0 saturated heterocycles. The molecule has 0 aliphatic rings. The Morgan fingerprint density at radius 3 is 1.07 bits per heavy atom. The lowest BCUT2D eigenvalue weighted by Crippen LogP contribution is -2.53. The first-order valence-electron chi connectivity index (χ1n) is 5.60. The van der Waals surface area contributed by atoms with Crippen LogP contribution < -0.4 is 0 Å². The fourth-order valence-corrected chi connectivity index (χ4v) is 6.25. The standard InChI is InChI=1S/C12H27ClOSi/c1-10(2,3)14-15(13,11(4,5)6)12(7,8)9/h1-9H3.